The summed E-state index contributed by atoms with van der Waals surface area (Å²) in [4.78, 5) is 21.0. The minimum absolute atomic E-state index is 0.0837. The Labute approximate surface area is 176 Å². The van der Waals surface area contributed by atoms with E-state index in [4.69, 9.17) is 0 Å². The molecule has 0 saturated carbocycles. The van der Waals surface area contributed by atoms with Crippen LogP contribution in [0.5, 0.6) is 0 Å². The van der Waals surface area contributed by atoms with E-state index in [0.29, 0.717) is 0 Å². The van der Waals surface area contributed by atoms with Crippen molar-refractivity contribution in [1.82, 2.24) is 5.32 Å². The average Bonchev–Trinajstić information content (AvgIpc) is 2.78. The molecule has 7 heteroatoms. The highest BCUT2D eigenvalue weighted by atomic mass is 19.4. The van der Waals surface area contributed by atoms with Crippen LogP contribution in [-0.2, 0) is 15.8 Å². The van der Waals surface area contributed by atoms with E-state index in [9.17, 15) is 22.8 Å². The number of hydrogen-bond acceptors (Lipinski definition) is 3. The van der Waals surface area contributed by atoms with Gasteiger partial charge in [-0.3, -0.25) is 4.79 Å². The van der Waals surface area contributed by atoms with Gasteiger partial charge in [-0.1, -0.05) is 52.0 Å². The van der Waals surface area contributed by atoms with Gasteiger partial charge in [-0.2, -0.15) is 13.2 Å². The predicted molar refractivity (Wildman–Crippen MR) is 116 cm³/mol. The number of alkyl halides is 3. The van der Waals surface area contributed by atoms with Crippen molar-refractivity contribution in [2.45, 2.75) is 33.9 Å². The van der Waals surface area contributed by atoms with Gasteiger partial charge < -0.3 is 15.4 Å². The summed E-state index contributed by atoms with van der Waals surface area (Å²) in [5.41, 5.74) is 2.00. The van der Waals surface area contributed by atoms with Crippen molar-refractivity contribution in [2.75, 3.05) is 19.4 Å². The quantitative estimate of drug-likeness (QED) is 0.611. The van der Waals surface area contributed by atoms with Crippen LogP contribution in [0.3, 0.4) is 0 Å². The first-order valence-corrected chi connectivity index (χ1v) is 9.76. The van der Waals surface area contributed by atoms with E-state index in [2.05, 4.69) is 10.6 Å². The summed E-state index contributed by atoms with van der Waals surface area (Å²) in [5, 5.41) is 5.47. The number of hydrogen-bond donors (Lipinski definition) is 2. The second-order valence-electron chi connectivity index (χ2n) is 6.30. The van der Waals surface area contributed by atoms with E-state index < -0.39 is 11.7 Å². The zero-order valence-corrected chi connectivity index (χ0v) is 18.3. The first kappa shape index (κ1) is 27.2. The number of anilines is 1. The van der Waals surface area contributed by atoms with Crippen molar-refractivity contribution >= 4 is 17.9 Å². The number of nitrogens with one attached hydrogen (secondary N) is 2. The molecule has 0 aliphatic carbocycles. The van der Waals surface area contributed by atoms with Crippen LogP contribution < -0.4 is 10.6 Å². The van der Waals surface area contributed by atoms with Gasteiger partial charge in [0.15, 0.2) is 0 Å². The Hall–Kier alpha value is -2.83. The number of halogens is 3. The van der Waals surface area contributed by atoms with E-state index in [-0.39, 0.29) is 17.7 Å². The van der Waals surface area contributed by atoms with Crippen molar-refractivity contribution in [2.24, 2.45) is 11.8 Å². The molecule has 2 rings (SSSR count). The maximum Gasteiger partial charge on any atom is 0.416 e. The Bertz CT molecular complexity index is 758. The highest BCUT2D eigenvalue weighted by molar-refractivity contribution is 5.81. The highest BCUT2D eigenvalue weighted by Crippen LogP contribution is 2.31. The molecule has 0 bridgehead atoms. The lowest BCUT2D eigenvalue weighted by molar-refractivity contribution is -0.137. The average molecular weight is 425 g/mol. The fraction of sp³-hybridized carbons (Fsp3) is 0.391. The van der Waals surface area contributed by atoms with Gasteiger partial charge >= 0.3 is 6.18 Å². The van der Waals surface area contributed by atoms with Crippen LogP contribution in [-0.4, -0.2) is 26.3 Å². The molecule has 0 saturated heterocycles. The fourth-order valence-electron chi connectivity index (χ4n) is 2.27. The molecule has 0 spiro atoms. The van der Waals surface area contributed by atoms with Crippen molar-refractivity contribution in [3.05, 3.63) is 54.1 Å². The van der Waals surface area contributed by atoms with Gasteiger partial charge in [0.05, 0.1) is 5.56 Å². The third-order valence-corrected chi connectivity index (χ3v) is 4.38. The maximum absolute atomic E-state index is 12.4. The summed E-state index contributed by atoms with van der Waals surface area (Å²) >= 11 is 0. The van der Waals surface area contributed by atoms with Crippen LogP contribution in [0, 0.1) is 11.8 Å². The second kappa shape index (κ2) is 13.4. The van der Waals surface area contributed by atoms with E-state index >= 15 is 0 Å². The minimum atomic E-state index is -4.28. The van der Waals surface area contributed by atoms with E-state index in [1.54, 1.807) is 20.9 Å². The Morgan fingerprint density at radius 3 is 1.67 bits per heavy atom. The molecule has 1 amide bonds. The van der Waals surface area contributed by atoms with Gasteiger partial charge in [0.1, 0.15) is 6.29 Å². The highest BCUT2D eigenvalue weighted by Gasteiger charge is 2.29. The topological polar surface area (TPSA) is 58.2 Å². The largest absolute Gasteiger partial charge is 0.416 e. The number of carbonyl (C=O) groups is 2. The Balaban J connectivity index is 0.000000600. The van der Waals surface area contributed by atoms with Crippen LogP contribution in [0.1, 0.15) is 33.3 Å². The summed E-state index contributed by atoms with van der Waals surface area (Å²) in [5.74, 6) is -0.498. The van der Waals surface area contributed by atoms with Gasteiger partial charge in [0.25, 0.3) is 0 Å². The summed E-state index contributed by atoms with van der Waals surface area (Å²) < 4.78 is 37.2. The van der Waals surface area contributed by atoms with E-state index in [0.717, 1.165) is 35.2 Å². The molecular formula is C23H31F3N2O2. The summed E-state index contributed by atoms with van der Waals surface area (Å²) in [7, 11) is 3.38. The zero-order chi connectivity index (χ0) is 23.3. The second-order valence-corrected chi connectivity index (χ2v) is 6.30. The molecule has 0 aromatic heterocycles. The third kappa shape index (κ3) is 8.68. The SMILES string of the molecule is CC.CNC(=O)C(C)C(C)C=O.CNc1ccc(-c2ccc(C(F)(F)F)cc2)cc1. The number of benzene rings is 2. The smallest absolute Gasteiger partial charge is 0.388 e. The first-order chi connectivity index (χ1) is 14.1. The summed E-state index contributed by atoms with van der Waals surface area (Å²) in [6.07, 6.45) is -3.49. The van der Waals surface area contributed by atoms with Crippen LogP contribution in [0.25, 0.3) is 11.1 Å². The van der Waals surface area contributed by atoms with Crippen molar-refractivity contribution in [3.63, 3.8) is 0 Å². The van der Waals surface area contributed by atoms with Crippen molar-refractivity contribution < 1.29 is 22.8 Å². The molecule has 0 radical (unpaired) electrons. The Morgan fingerprint density at radius 2 is 1.33 bits per heavy atom. The third-order valence-electron chi connectivity index (χ3n) is 4.38. The van der Waals surface area contributed by atoms with E-state index in [1.807, 2.05) is 45.2 Å². The monoisotopic (exact) mass is 424 g/mol. The fourth-order valence-corrected chi connectivity index (χ4v) is 2.27. The number of aldehydes is 1. The minimum Gasteiger partial charge on any atom is -0.388 e. The summed E-state index contributed by atoms with van der Waals surface area (Å²) in [6.45, 7) is 7.46. The standard InChI is InChI=1S/C14H12F3N.C7H13NO2.C2H6/c1-18-13-8-4-11(5-9-13)10-2-6-12(7-3-10)14(15,16)17;1-5(4-9)6(2)7(10)8-3;1-2/h2-9,18H,1H3;4-6H,1-3H3,(H,8,10);1-2H3. The Morgan fingerprint density at radius 1 is 0.900 bits per heavy atom. The molecule has 0 fully saturated rings. The molecule has 2 unspecified atom stereocenters. The molecule has 4 nitrogen and oxygen atoms in total. The van der Waals surface area contributed by atoms with Gasteiger partial charge in [0.2, 0.25) is 5.91 Å². The number of rotatable bonds is 5. The van der Waals surface area contributed by atoms with Crippen LogP contribution in [0.2, 0.25) is 0 Å². The van der Waals surface area contributed by atoms with Gasteiger partial charge in [-0.05, 0) is 35.4 Å². The zero-order valence-electron chi connectivity index (χ0n) is 18.3. The van der Waals surface area contributed by atoms with E-state index in [1.165, 1.54) is 12.1 Å². The lowest BCUT2D eigenvalue weighted by atomic mass is 9.97. The van der Waals surface area contributed by atoms with Crippen molar-refractivity contribution in [1.29, 1.82) is 0 Å². The van der Waals surface area contributed by atoms with Crippen LogP contribution in [0.15, 0.2) is 48.5 Å². The maximum atomic E-state index is 12.4. The lowest BCUT2D eigenvalue weighted by Crippen LogP contribution is -2.30. The number of carbonyl (C=O) groups excluding carboxylic acids is 2. The molecule has 2 atom stereocenters. The molecule has 2 aromatic carbocycles. The molecule has 30 heavy (non-hydrogen) atoms. The summed E-state index contributed by atoms with van der Waals surface area (Å²) in [6, 6.07) is 12.7. The van der Waals surface area contributed by atoms with Gasteiger partial charge in [-0.25, -0.2) is 0 Å². The van der Waals surface area contributed by atoms with Crippen LogP contribution in [0.4, 0.5) is 18.9 Å². The Kier molecular flexibility index (Phi) is 12.1. The molecule has 2 aromatic rings. The van der Waals surface area contributed by atoms with Crippen LogP contribution >= 0.6 is 0 Å². The van der Waals surface area contributed by atoms with Gasteiger partial charge in [-0.15, -0.1) is 0 Å². The molecule has 0 aliphatic rings. The van der Waals surface area contributed by atoms with Gasteiger partial charge in [0, 0.05) is 31.6 Å². The molecule has 2 N–H and O–H groups in total. The first-order valence-electron chi connectivity index (χ1n) is 9.76. The molecule has 0 heterocycles. The molecule has 166 valence electrons. The predicted octanol–water partition coefficient (Wildman–Crippen LogP) is 5.64. The van der Waals surface area contributed by atoms with Crippen molar-refractivity contribution in [3.8, 4) is 11.1 Å². The normalized spacial score (nSPS) is 12.2. The lowest BCUT2D eigenvalue weighted by Gasteiger charge is -2.11. The number of amides is 1. The molecular weight excluding hydrogens is 393 g/mol. The molecule has 0 aliphatic heterocycles.